The van der Waals surface area contributed by atoms with E-state index in [-0.39, 0.29) is 17.1 Å². The second kappa shape index (κ2) is 5.71. The van der Waals surface area contributed by atoms with Crippen molar-refractivity contribution in [3.63, 3.8) is 0 Å². The van der Waals surface area contributed by atoms with Crippen molar-refractivity contribution in [2.24, 2.45) is 0 Å². The first-order chi connectivity index (χ1) is 7.20. The molecule has 0 aliphatic rings. The molecule has 1 aromatic rings. The molecule has 0 fully saturated rings. The lowest BCUT2D eigenvalue weighted by Crippen LogP contribution is -2.04. The molecule has 2 nitrogen and oxygen atoms in total. The van der Waals surface area contributed by atoms with Crippen molar-refractivity contribution in [1.82, 2.24) is 0 Å². The van der Waals surface area contributed by atoms with Gasteiger partial charge in [-0.1, -0.05) is 6.07 Å². The van der Waals surface area contributed by atoms with Crippen molar-refractivity contribution in [2.45, 2.75) is 12.8 Å². The molecule has 0 aromatic heterocycles. The van der Waals surface area contributed by atoms with Crippen LogP contribution in [-0.2, 0) is 0 Å². The number of Topliss-reactive ketones (excluding diaryl/α,β-unsaturated/α-hetero) is 1. The molecule has 1 rings (SSSR count). The molecule has 82 valence electrons. The Bertz CT molecular complexity index is 352. The Kier molecular flexibility index (Phi) is 4.56. The summed E-state index contributed by atoms with van der Waals surface area (Å²) >= 11 is 5.48. The highest BCUT2D eigenvalue weighted by atomic mass is 35.5. The maximum absolute atomic E-state index is 13.2. The van der Waals surface area contributed by atoms with Gasteiger partial charge in [-0.2, -0.15) is 0 Å². The van der Waals surface area contributed by atoms with E-state index in [1.165, 1.54) is 19.2 Å². The van der Waals surface area contributed by atoms with Crippen molar-refractivity contribution in [2.75, 3.05) is 13.0 Å². The van der Waals surface area contributed by atoms with Crippen LogP contribution in [0.4, 0.5) is 4.39 Å². The van der Waals surface area contributed by atoms with E-state index in [2.05, 4.69) is 0 Å². The summed E-state index contributed by atoms with van der Waals surface area (Å²) in [6, 6.07) is 4.31. The van der Waals surface area contributed by atoms with E-state index < -0.39 is 5.82 Å². The molecule has 0 heterocycles. The largest absolute Gasteiger partial charge is 0.493 e. The Morgan fingerprint density at radius 1 is 1.53 bits per heavy atom. The molecular formula is C11H12ClFO2. The molecular weight excluding hydrogens is 219 g/mol. The molecule has 0 spiro atoms. The number of hydrogen-bond donors (Lipinski definition) is 0. The van der Waals surface area contributed by atoms with Gasteiger partial charge in [0.15, 0.2) is 17.3 Å². The van der Waals surface area contributed by atoms with Gasteiger partial charge in [-0.3, -0.25) is 4.79 Å². The number of ether oxygens (including phenoxy) is 1. The Hall–Kier alpha value is -1.09. The molecule has 0 atom stereocenters. The number of halogens is 2. The Morgan fingerprint density at radius 3 is 2.87 bits per heavy atom. The number of carbonyl (C=O) groups excluding carboxylic acids is 1. The standard InChI is InChI=1S/C11H12ClFO2/c1-15-11-8(4-2-5-9(11)13)10(14)6-3-7-12/h2,4-5H,3,6-7H2,1H3. The van der Waals surface area contributed by atoms with Gasteiger partial charge in [-0.15, -0.1) is 11.6 Å². The number of methoxy groups -OCH3 is 1. The summed E-state index contributed by atoms with van der Waals surface area (Å²) in [5.74, 6) is -0.234. The first-order valence-electron chi connectivity index (χ1n) is 4.62. The van der Waals surface area contributed by atoms with E-state index in [4.69, 9.17) is 16.3 Å². The summed E-state index contributed by atoms with van der Waals surface area (Å²) in [5.41, 5.74) is 0.280. The van der Waals surface area contributed by atoms with E-state index in [0.29, 0.717) is 18.7 Å². The van der Waals surface area contributed by atoms with Gasteiger partial charge < -0.3 is 4.74 Å². The Morgan fingerprint density at radius 2 is 2.27 bits per heavy atom. The minimum Gasteiger partial charge on any atom is -0.493 e. The van der Waals surface area contributed by atoms with Crippen LogP contribution in [0, 0.1) is 5.82 Å². The van der Waals surface area contributed by atoms with Crippen LogP contribution in [0.2, 0.25) is 0 Å². The monoisotopic (exact) mass is 230 g/mol. The van der Waals surface area contributed by atoms with Crippen LogP contribution in [0.15, 0.2) is 18.2 Å². The van der Waals surface area contributed by atoms with Gasteiger partial charge in [0.05, 0.1) is 12.7 Å². The quantitative estimate of drug-likeness (QED) is 0.574. The zero-order valence-corrected chi connectivity index (χ0v) is 9.18. The van der Waals surface area contributed by atoms with Crippen molar-refractivity contribution in [3.8, 4) is 5.75 Å². The van der Waals surface area contributed by atoms with Crippen LogP contribution in [0.1, 0.15) is 23.2 Å². The third kappa shape index (κ3) is 2.93. The van der Waals surface area contributed by atoms with Gasteiger partial charge in [0.1, 0.15) is 0 Å². The molecule has 0 amide bonds. The molecule has 0 saturated carbocycles. The smallest absolute Gasteiger partial charge is 0.166 e. The van der Waals surface area contributed by atoms with Gasteiger partial charge in [0, 0.05) is 12.3 Å². The van der Waals surface area contributed by atoms with Gasteiger partial charge in [0.2, 0.25) is 0 Å². The lowest BCUT2D eigenvalue weighted by atomic mass is 10.1. The molecule has 0 aliphatic carbocycles. The third-order valence-electron chi connectivity index (χ3n) is 2.01. The summed E-state index contributed by atoms with van der Waals surface area (Å²) in [6.07, 6.45) is 0.892. The molecule has 0 N–H and O–H groups in total. The second-order valence-corrected chi connectivity index (χ2v) is 3.41. The van der Waals surface area contributed by atoms with E-state index in [1.54, 1.807) is 6.07 Å². The summed E-state index contributed by atoms with van der Waals surface area (Å²) in [4.78, 5) is 11.6. The highest BCUT2D eigenvalue weighted by molar-refractivity contribution is 6.18. The van der Waals surface area contributed by atoms with Crippen LogP contribution in [0.25, 0.3) is 0 Å². The third-order valence-corrected chi connectivity index (χ3v) is 2.28. The first-order valence-corrected chi connectivity index (χ1v) is 5.15. The number of hydrogen-bond acceptors (Lipinski definition) is 2. The highest BCUT2D eigenvalue weighted by Gasteiger charge is 2.14. The summed E-state index contributed by atoms with van der Waals surface area (Å²) in [7, 11) is 1.34. The van der Waals surface area contributed by atoms with E-state index >= 15 is 0 Å². The van der Waals surface area contributed by atoms with Crippen molar-refractivity contribution in [3.05, 3.63) is 29.6 Å². The minimum absolute atomic E-state index is 0.0112. The SMILES string of the molecule is COc1c(F)cccc1C(=O)CCCCl. The Labute approximate surface area is 93.0 Å². The van der Waals surface area contributed by atoms with Crippen molar-refractivity contribution in [1.29, 1.82) is 0 Å². The highest BCUT2D eigenvalue weighted by Crippen LogP contribution is 2.23. The molecule has 0 aliphatic heterocycles. The Balaban J connectivity index is 2.92. The average molecular weight is 231 g/mol. The maximum atomic E-state index is 13.2. The van der Waals surface area contributed by atoms with Gasteiger partial charge in [0.25, 0.3) is 0 Å². The number of ketones is 1. The van der Waals surface area contributed by atoms with Gasteiger partial charge in [-0.25, -0.2) is 4.39 Å². The predicted octanol–water partition coefficient (Wildman–Crippen LogP) is 3.04. The topological polar surface area (TPSA) is 26.3 Å². The summed E-state index contributed by atoms with van der Waals surface area (Å²) < 4.78 is 18.1. The number of carbonyl (C=O) groups is 1. The summed E-state index contributed by atoms with van der Waals surface area (Å²) in [6.45, 7) is 0. The molecule has 0 unspecified atom stereocenters. The zero-order valence-electron chi connectivity index (χ0n) is 8.43. The van der Waals surface area contributed by atoms with Crippen LogP contribution in [-0.4, -0.2) is 18.8 Å². The van der Waals surface area contributed by atoms with Crippen molar-refractivity contribution >= 4 is 17.4 Å². The van der Waals surface area contributed by atoms with Crippen LogP contribution in [0.3, 0.4) is 0 Å². The fourth-order valence-corrected chi connectivity index (χ4v) is 1.43. The fraction of sp³-hybridized carbons (Fsp3) is 0.364. The normalized spacial score (nSPS) is 10.1. The predicted molar refractivity (Wildman–Crippen MR) is 57.2 cm³/mol. The lowest BCUT2D eigenvalue weighted by Gasteiger charge is -2.07. The first kappa shape index (κ1) is 12.0. The number of rotatable bonds is 5. The molecule has 0 radical (unpaired) electrons. The zero-order chi connectivity index (χ0) is 11.3. The van der Waals surface area contributed by atoms with Crippen LogP contribution < -0.4 is 4.74 Å². The van der Waals surface area contributed by atoms with Crippen LogP contribution >= 0.6 is 11.6 Å². The molecule has 0 saturated heterocycles. The molecule has 0 bridgehead atoms. The van der Waals surface area contributed by atoms with Crippen LogP contribution in [0.5, 0.6) is 5.75 Å². The van der Waals surface area contributed by atoms with Gasteiger partial charge >= 0.3 is 0 Å². The van der Waals surface area contributed by atoms with Gasteiger partial charge in [-0.05, 0) is 18.6 Å². The number of benzene rings is 1. The van der Waals surface area contributed by atoms with E-state index in [0.717, 1.165) is 0 Å². The minimum atomic E-state index is -0.519. The molecule has 15 heavy (non-hydrogen) atoms. The number of alkyl halides is 1. The molecule has 1 aromatic carbocycles. The summed E-state index contributed by atoms with van der Waals surface area (Å²) in [5, 5.41) is 0. The number of para-hydroxylation sites is 1. The second-order valence-electron chi connectivity index (χ2n) is 3.04. The maximum Gasteiger partial charge on any atom is 0.166 e. The molecule has 4 heteroatoms. The van der Waals surface area contributed by atoms with E-state index in [9.17, 15) is 9.18 Å². The lowest BCUT2D eigenvalue weighted by molar-refractivity contribution is 0.0978. The van der Waals surface area contributed by atoms with Crippen molar-refractivity contribution < 1.29 is 13.9 Å². The van der Waals surface area contributed by atoms with E-state index in [1.807, 2.05) is 0 Å². The average Bonchev–Trinajstić information content (AvgIpc) is 2.25. The fourth-order valence-electron chi connectivity index (χ4n) is 1.30.